The van der Waals surface area contributed by atoms with E-state index in [2.05, 4.69) is 10.6 Å². The van der Waals surface area contributed by atoms with Gasteiger partial charge in [-0.2, -0.15) is 0 Å². The Hall–Kier alpha value is -1.14. The van der Waals surface area contributed by atoms with Gasteiger partial charge in [-0.25, -0.2) is 0 Å². The van der Waals surface area contributed by atoms with E-state index >= 15 is 0 Å². The predicted molar refractivity (Wildman–Crippen MR) is 42.1 cm³/mol. The number of carbonyl (C=O) groups is 2. The number of likely N-dealkylation sites (N-methyl/N-ethyl adjacent to an activating group) is 1. The molecule has 2 amide bonds. The highest BCUT2D eigenvalue weighted by Crippen LogP contribution is 1.75. The molecule has 70 valence electrons. The lowest BCUT2D eigenvalue weighted by Crippen LogP contribution is -2.46. The number of amides is 2. The molecule has 0 saturated heterocycles. The van der Waals surface area contributed by atoms with Crippen molar-refractivity contribution in [1.29, 1.82) is 0 Å². The Balaban J connectivity index is 3.64. The van der Waals surface area contributed by atoms with Gasteiger partial charge in [0.25, 0.3) is 0 Å². The van der Waals surface area contributed by atoms with Crippen LogP contribution in [0.3, 0.4) is 0 Å². The molecule has 0 spiro atoms. The van der Waals surface area contributed by atoms with E-state index in [9.17, 15) is 9.59 Å². The van der Waals surface area contributed by atoms with Gasteiger partial charge in [0.2, 0.25) is 11.8 Å². The first kappa shape index (κ1) is 10.9. The first-order chi connectivity index (χ1) is 5.61. The number of carbonyl (C=O) groups excluding carboxylic acids is 2. The number of rotatable bonds is 4. The van der Waals surface area contributed by atoms with Gasteiger partial charge in [0.1, 0.15) is 6.04 Å². The largest absolute Gasteiger partial charge is 0.394 e. The molecule has 0 rings (SSSR count). The Morgan fingerprint density at radius 2 is 2.17 bits per heavy atom. The van der Waals surface area contributed by atoms with Gasteiger partial charge in [-0.1, -0.05) is 0 Å². The standard InChI is InChI=1S/C6H13N3O3/c1-8-5(11)2-9-6(12)4(7)3-10/h4,10H,2-3,7H2,1H3,(H,8,11)(H,9,12)/t4-/m1/s1. The number of hydrogen-bond donors (Lipinski definition) is 4. The zero-order chi connectivity index (χ0) is 9.56. The number of aliphatic hydroxyl groups is 1. The Kier molecular flexibility index (Phi) is 4.98. The highest BCUT2D eigenvalue weighted by molar-refractivity contribution is 5.87. The van der Waals surface area contributed by atoms with Crippen molar-refractivity contribution in [1.82, 2.24) is 10.6 Å². The second-order valence-corrected chi connectivity index (χ2v) is 2.18. The van der Waals surface area contributed by atoms with Crippen molar-refractivity contribution < 1.29 is 14.7 Å². The van der Waals surface area contributed by atoms with Gasteiger partial charge in [0, 0.05) is 7.05 Å². The SMILES string of the molecule is CNC(=O)CNC(=O)[C@H](N)CO. The summed E-state index contributed by atoms with van der Waals surface area (Å²) < 4.78 is 0. The summed E-state index contributed by atoms with van der Waals surface area (Å²) in [6.45, 7) is -0.553. The maximum absolute atomic E-state index is 10.8. The monoisotopic (exact) mass is 175 g/mol. The minimum absolute atomic E-state index is 0.122. The van der Waals surface area contributed by atoms with Crippen LogP contribution in [0.5, 0.6) is 0 Å². The van der Waals surface area contributed by atoms with Crippen molar-refractivity contribution in [2.24, 2.45) is 5.73 Å². The molecule has 0 aliphatic heterocycles. The summed E-state index contributed by atoms with van der Waals surface area (Å²) in [7, 11) is 1.46. The molecule has 5 N–H and O–H groups in total. The molecule has 0 aromatic rings. The highest BCUT2D eigenvalue weighted by atomic mass is 16.3. The Labute approximate surface area is 70.1 Å². The van der Waals surface area contributed by atoms with Crippen molar-refractivity contribution in [3.05, 3.63) is 0 Å². The van der Waals surface area contributed by atoms with Crippen LogP contribution in [0.25, 0.3) is 0 Å². The Morgan fingerprint density at radius 3 is 2.58 bits per heavy atom. The predicted octanol–water partition coefficient (Wildman–Crippen LogP) is -2.83. The summed E-state index contributed by atoms with van der Waals surface area (Å²) in [6, 6.07) is -0.963. The van der Waals surface area contributed by atoms with E-state index in [1.807, 2.05) is 0 Å². The van der Waals surface area contributed by atoms with Crippen LogP contribution >= 0.6 is 0 Å². The number of nitrogens with two attached hydrogens (primary N) is 1. The van der Waals surface area contributed by atoms with Crippen LogP contribution in [0.1, 0.15) is 0 Å². The summed E-state index contributed by atoms with van der Waals surface area (Å²) in [5.74, 6) is -0.852. The first-order valence-electron chi connectivity index (χ1n) is 3.46. The smallest absolute Gasteiger partial charge is 0.239 e. The fraction of sp³-hybridized carbons (Fsp3) is 0.667. The molecule has 0 aromatic carbocycles. The molecular formula is C6H13N3O3. The molecule has 0 bridgehead atoms. The average molecular weight is 175 g/mol. The normalized spacial score (nSPS) is 11.9. The quantitative estimate of drug-likeness (QED) is 0.369. The fourth-order valence-electron chi connectivity index (χ4n) is 0.470. The lowest BCUT2D eigenvalue weighted by Gasteiger charge is -2.07. The average Bonchev–Trinajstić information content (AvgIpc) is 2.11. The molecular weight excluding hydrogens is 162 g/mol. The van der Waals surface area contributed by atoms with Gasteiger partial charge in [0.15, 0.2) is 0 Å². The van der Waals surface area contributed by atoms with Gasteiger partial charge < -0.3 is 21.5 Å². The molecule has 0 fully saturated rings. The van der Waals surface area contributed by atoms with Crippen LogP contribution < -0.4 is 16.4 Å². The summed E-state index contributed by atoms with van der Waals surface area (Å²) in [6.07, 6.45) is 0. The van der Waals surface area contributed by atoms with Crippen LogP contribution in [-0.4, -0.2) is 43.2 Å². The van der Waals surface area contributed by atoms with Crippen LogP contribution in [0.2, 0.25) is 0 Å². The lowest BCUT2D eigenvalue weighted by molar-refractivity contribution is -0.127. The fourth-order valence-corrected chi connectivity index (χ4v) is 0.470. The minimum Gasteiger partial charge on any atom is -0.394 e. The van der Waals surface area contributed by atoms with Gasteiger partial charge in [-0.05, 0) is 0 Å². The van der Waals surface area contributed by atoms with Crippen LogP contribution in [0, 0.1) is 0 Å². The summed E-state index contributed by atoms with van der Waals surface area (Å²) in [4.78, 5) is 21.4. The summed E-state index contributed by atoms with van der Waals surface area (Å²) in [5.41, 5.74) is 5.15. The summed E-state index contributed by atoms with van der Waals surface area (Å²) in [5, 5.41) is 13.0. The zero-order valence-electron chi connectivity index (χ0n) is 6.83. The molecule has 0 heterocycles. The molecule has 0 aromatic heterocycles. The van der Waals surface area contributed by atoms with Gasteiger partial charge >= 0.3 is 0 Å². The van der Waals surface area contributed by atoms with E-state index in [4.69, 9.17) is 10.8 Å². The molecule has 0 aliphatic carbocycles. The van der Waals surface area contributed by atoms with E-state index in [0.717, 1.165) is 0 Å². The van der Waals surface area contributed by atoms with Crippen molar-refractivity contribution >= 4 is 11.8 Å². The van der Waals surface area contributed by atoms with Crippen molar-refractivity contribution in [3.63, 3.8) is 0 Å². The van der Waals surface area contributed by atoms with Gasteiger partial charge in [-0.15, -0.1) is 0 Å². The molecule has 12 heavy (non-hydrogen) atoms. The van der Waals surface area contributed by atoms with E-state index in [1.165, 1.54) is 7.05 Å². The minimum atomic E-state index is -0.963. The third-order valence-electron chi connectivity index (χ3n) is 1.24. The van der Waals surface area contributed by atoms with Crippen LogP contribution in [0.15, 0.2) is 0 Å². The molecule has 1 atom stereocenters. The van der Waals surface area contributed by atoms with E-state index < -0.39 is 18.6 Å². The first-order valence-corrected chi connectivity index (χ1v) is 3.46. The Bertz CT molecular complexity index is 171. The second-order valence-electron chi connectivity index (χ2n) is 2.18. The number of hydrogen-bond acceptors (Lipinski definition) is 4. The van der Waals surface area contributed by atoms with Crippen molar-refractivity contribution in [2.75, 3.05) is 20.2 Å². The Morgan fingerprint density at radius 1 is 1.58 bits per heavy atom. The van der Waals surface area contributed by atoms with Crippen LogP contribution in [0.4, 0.5) is 0 Å². The molecule has 6 heteroatoms. The van der Waals surface area contributed by atoms with E-state index in [0.29, 0.717) is 0 Å². The maximum Gasteiger partial charge on any atom is 0.239 e. The molecule has 6 nitrogen and oxygen atoms in total. The van der Waals surface area contributed by atoms with Gasteiger partial charge in [-0.3, -0.25) is 9.59 Å². The molecule has 0 aliphatic rings. The molecule has 0 saturated carbocycles. The maximum atomic E-state index is 10.8. The van der Waals surface area contributed by atoms with E-state index in [1.54, 1.807) is 0 Å². The highest BCUT2D eigenvalue weighted by Gasteiger charge is 2.11. The summed E-state index contributed by atoms with van der Waals surface area (Å²) >= 11 is 0. The van der Waals surface area contributed by atoms with Crippen LogP contribution in [-0.2, 0) is 9.59 Å². The topological polar surface area (TPSA) is 104 Å². The van der Waals surface area contributed by atoms with E-state index in [-0.39, 0.29) is 12.5 Å². The molecule has 0 radical (unpaired) electrons. The van der Waals surface area contributed by atoms with Crippen molar-refractivity contribution in [3.8, 4) is 0 Å². The molecule has 0 unspecified atom stereocenters. The third kappa shape index (κ3) is 3.89. The number of nitrogens with one attached hydrogen (secondary N) is 2. The number of aliphatic hydroxyl groups excluding tert-OH is 1. The van der Waals surface area contributed by atoms with Crippen molar-refractivity contribution in [2.45, 2.75) is 6.04 Å². The second kappa shape index (κ2) is 5.50. The zero-order valence-corrected chi connectivity index (χ0v) is 6.83. The third-order valence-corrected chi connectivity index (χ3v) is 1.24. The lowest BCUT2D eigenvalue weighted by atomic mass is 10.3. The van der Waals surface area contributed by atoms with Gasteiger partial charge in [0.05, 0.1) is 13.2 Å².